The van der Waals surface area contributed by atoms with Crippen LogP contribution in [0.4, 0.5) is 0 Å². The second-order valence-electron chi connectivity index (χ2n) is 5.24. The van der Waals surface area contributed by atoms with Crippen molar-refractivity contribution >= 4 is 11.9 Å². The number of aliphatic carboxylic acids is 1. The summed E-state index contributed by atoms with van der Waals surface area (Å²) in [4.78, 5) is 23.1. The third-order valence-corrected chi connectivity index (χ3v) is 3.62. The highest BCUT2D eigenvalue weighted by atomic mass is 16.5. The van der Waals surface area contributed by atoms with Gasteiger partial charge in [-0.25, -0.2) is 4.79 Å². The van der Waals surface area contributed by atoms with E-state index in [-0.39, 0.29) is 12.3 Å². The number of nitrogens with one attached hydrogen (secondary N) is 1. The molecular formula is C17H25NO6. The summed E-state index contributed by atoms with van der Waals surface area (Å²) >= 11 is 0. The van der Waals surface area contributed by atoms with Crippen LogP contribution in [-0.2, 0) is 16.0 Å². The molecule has 0 bridgehead atoms. The summed E-state index contributed by atoms with van der Waals surface area (Å²) in [6.07, 6.45) is 1.63. The van der Waals surface area contributed by atoms with E-state index in [0.717, 1.165) is 5.56 Å². The van der Waals surface area contributed by atoms with Crippen LogP contribution in [0.15, 0.2) is 12.1 Å². The lowest BCUT2D eigenvalue weighted by Gasteiger charge is -2.16. The van der Waals surface area contributed by atoms with Gasteiger partial charge in [-0.1, -0.05) is 19.4 Å². The third kappa shape index (κ3) is 5.04. The van der Waals surface area contributed by atoms with Gasteiger partial charge in [0.15, 0.2) is 11.5 Å². The molecule has 1 unspecified atom stereocenters. The van der Waals surface area contributed by atoms with Gasteiger partial charge in [-0.05, 0) is 24.5 Å². The van der Waals surface area contributed by atoms with Gasteiger partial charge in [-0.3, -0.25) is 4.79 Å². The Morgan fingerprint density at radius 2 is 1.79 bits per heavy atom. The number of benzene rings is 1. The summed E-state index contributed by atoms with van der Waals surface area (Å²) in [7, 11) is 4.56. The first-order chi connectivity index (χ1) is 11.5. The monoisotopic (exact) mass is 339 g/mol. The zero-order valence-corrected chi connectivity index (χ0v) is 14.5. The van der Waals surface area contributed by atoms with Gasteiger partial charge in [-0.2, -0.15) is 0 Å². The number of aryl methyl sites for hydroxylation is 1. The highest BCUT2D eigenvalue weighted by molar-refractivity contribution is 5.83. The second kappa shape index (κ2) is 9.64. The minimum absolute atomic E-state index is 0.152. The van der Waals surface area contributed by atoms with Crippen molar-refractivity contribution in [3.63, 3.8) is 0 Å². The smallest absolute Gasteiger partial charge is 0.326 e. The maximum Gasteiger partial charge on any atom is 0.326 e. The number of rotatable bonds is 10. The number of methoxy groups -OCH3 is 3. The van der Waals surface area contributed by atoms with Crippen LogP contribution in [0.2, 0.25) is 0 Å². The second-order valence-corrected chi connectivity index (χ2v) is 5.24. The fourth-order valence-electron chi connectivity index (χ4n) is 2.42. The van der Waals surface area contributed by atoms with Gasteiger partial charge in [0.05, 0.1) is 21.3 Å². The Labute approximate surface area is 141 Å². The third-order valence-electron chi connectivity index (χ3n) is 3.62. The molecule has 24 heavy (non-hydrogen) atoms. The molecule has 2 N–H and O–H groups in total. The Kier molecular flexibility index (Phi) is 7.88. The normalized spacial score (nSPS) is 11.5. The Morgan fingerprint density at radius 3 is 2.29 bits per heavy atom. The van der Waals surface area contributed by atoms with Gasteiger partial charge in [0.25, 0.3) is 0 Å². The molecular weight excluding hydrogens is 314 g/mol. The van der Waals surface area contributed by atoms with Crippen molar-refractivity contribution in [3.8, 4) is 17.2 Å². The molecule has 0 aliphatic rings. The first-order valence-corrected chi connectivity index (χ1v) is 7.78. The number of carboxylic acids is 1. The van der Waals surface area contributed by atoms with E-state index in [1.165, 1.54) is 21.3 Å². The van der Waals surface area contributed by atoms with Crippen molar-refractivity contribution in [1.29, 1.82) is 0 Å². The van der Waals surface area contributed by atoms with Crippen molar-refractivity contribution in [1.82, 2.24) is 5.32 Å². The highest BCUT2D eigenvalue weighted by Gasteiger charge is 2.20. The summed E-state index contributed by atoms with van der Waals surface area (Å²) in [5, 5.41) is 11.6. The quantitative estimate of drug-likeness (QED) is 0.677. The highest BCUT2D eigenvalue weighted by Crippen LogP contribution is 2.40. The summed E-state index contributed by atoms with van der Waals surface area (Å²) in [6, 6.07) is 2.69. The molecule has 0 aliphatic carbocycles. The molecule has 7 heteroatoms. The molecule has 1 aromatic carbocycles. The molecule has 0 aromatic heterocycles. The molecule has 0 saturated carbocycles. The van der Waals surface area contributed by atoms with Gasteiger partial charge < -0.3 is 24.6 Å². The molecule has 0 saturated heterocycles. The molecule has 0 radical (unpaired) electrons. The molecule has 7 nitrogen and oxygen atoms in total. The predicted octanol–water partition coefficient (Wildman–Crippen LogP) is 2.01. The molecule has 1 aromatic rings. The summed E-state index contributed by atoms with van der Waals surface area (Å²) < 4.78 is 15.9. The van der Waals surface area contributed by atoms with E-state index in [9.17, 15) is 9.59 Å². The molecule has 0 spiro atoms. The number of amides is 1. The van der Waals surface area contributed by atoms with Crippen LogP contribution >= 0.6 is 0 Å². The van der Waals surface area contributed by atoms with Crippen LogP contribution in [0, 0.1) is 0 Å². The maximum absolute atomic E-state index is 12.0. The van der Waals surface area contributed by atoms with Crippen molar-refractivity contribution in [2.45, 2.75) is 38.6 Å². The minimum atomic E-state index is -1.02. The van der Waals surface area contributed by atoms with E-state index < -0.39 is 12.0 Å². The summed E-state index contributed by atoms with van der Waals surface area (Å²) in [5.41, 5.74) is 0.785. The average Bonchev–Trinajstić information content (AvgIpc) is 2.58. The van der Waals surface area contributed by atoms with Gasteiger partial charge in [0, 0.05) is 6.42 Å². The Bertz CT molecular complexity index is 572. The standard InChI is InChI=1S/C17H25NO6/c1-5-6-12(17(20)21)18-14(19)10-8-11-7-9-13(22-2)16(24-4)15(11)23-3/h7,9,12H,5-6,8,10H2,1-4H3,(H,18,19)(H,20,21). The van der Waals surface area contributed by atoms with Crippen molar-refractivity contribution < 1.29 is 28.9 Å². The lowest BCUT2D eigenvalue weighted by molar-refractivity contribution is -0.142. The summed E-state index contributed by atoms with van der Waals surface area (Å²) in [5.74, 6) is 0.179. The molecule has 0 heterocycles. The van der Waals surface area contributed by atoms with Gasteiger partial charge in [0.2, 0.25) is 11.7 Å². The Hall–Kier alpha value is -2.44. The van der Waals surface area contributed by atoms with Crippen molar-refractivity contribution in [2.24, 2.45) is 0 Å². The fraction of sp³-hybridized carbons (Fsp3) is 0.529. The number of carbonyl (C=O) groups is 2. The SMILES string of the molecule is CCCC(NC(=O)CCc1ccc(OC)c(OC)c1OC)C(=O)O. The van der Waals surface area contributed by atoms with Gasteiger partial charge >= 0.3 is 5.97 Å². The Balaban J connectivity index is 2.80. The van der Waals surface area contributed by atoms with E-state index in [1.54, 1.807) is 12.1 Å². The topological polar surface area (TPSA) is 94.1 Å². The average molecular weight is 339 g/mol. The number of ether oxygens (including phenoxy) is 3. The first kappa shape index (κ1) is 19.6. The maximum atomic E-state index is 12.0. The molecule has 1 amide bonds. The zero-order chi connectivity index (χ0) is 18.1. The number of hydrogen-bond donors (Lipinski definition) is 2. The minimum Gasteiger partial charge on any atom is -0.493 e. The first-order valence-electron chi connectivity index (χ1n) is 7.78. The fourth-order valence-corrected chi connectivity index (χ4v) is 2.42. The largest absolute Gasteiger partial charge is 0.493 e. The van der Waals surface area contributed by atoms with Crippen LogP contribution in [0.25, 0.3) is 0 Å². The van der Waals surface area contributed by atoms with Crippen molar-refractivity contribution in [2.75, 3.05) is 21.3 Å². The molecule has 1 rings (SSSR count). The van der Waals surface area contributed by atoms with E-state index in [1.807, 2.05) is 6.92 Å². The Morgan fingerprint density at radius 1 is 1.12 bits per heavy atom. The number of carbonyl (C=O) groups excluding carboxylic acids is 1. The van der Waals surface area contributed by atoms with E-state index in [4.69, 9.17) is 19.3 Å². The van der Waals surface area contributed by atoms with Crippen molar-refractivity contribution in [3.05, 3.63) is 17.7 Å². The van der Waals surface area contributed by atoms with Crippen LogP contribution in [0.3, 0.4) is 0 Å². The molecule has 0 fully saturated rings. The predicted molar refractivity (Wildman–Crippen MR) is 88.9 cm³/mol. The number of carboxylic acid groups (broad SMARTS) is 1. The van der Waals surface area contributed by atoms with Gasteiger partial charge in [-0.15, -0.1) is 0 Å². The zero-order valence-electron chi connectivity index (χ0n) is 14.5. The lowest BCUT2D eigenvalue weighted by atomic mass is 10.1. The number of hydrogen-bond acceptors (Lipinski definition) is 5. The summed E-state index contributed by atoms with van der Waals surface area (Å²) in [6.45, 7) is 1.87. The van der Waals surface area contributed by atoms with Crippen LogP contribution in [0.1, 0.15) is 31.7 Å². The molecule has 1 atom stereocenters. The molecule has 134 valence electrons. The lowest BCUT2D eigenvalue weighted by Crippen LogP contribution is -2.40. The van der Waals surface area contributed by atoms with Crippen LogP contribution in [-0.4, -0.2) is 44.4 Å². The van der Waals surface area contributed by atoms with E-state index >= 15 is 0 Å². The van der Waals surface area contributed by atoms with E-state index in [2.05, 4.69) is 5.32 Å². The van der Waals surface area contributed by atoms with Crippen LogP contribution < -0.4 is 19.5 Å². The molecule has 0 aliphatic heterocycles. The van der Waals surface area contributed by atoms with Crippen LogP contribution in [0.5, 0.6) is 17.2 Å². The van der Waals surface area contributed by atoms with Gasteiger partial charge in [0.1, 0.15) is 6.04 Å². The van der Waals surface area contributed by atoms with E-state index in [0.29, 0.717) is 36.5 Å².